The number of likely N-dealkylation sites (N-methyl/N-ethyl adjacent to an activating group) is 1. The lowest BCUT2D eigenvalue weighted by atomic mass is 10.0. The molecule has 1 aromatic carbocycles. The van der Waals surface area contributed by atoms with E-state index in [1.165, 1.54) is 25.3 Å². The first-order chi connectivity index (χ1) is 9.60. The van der Waals surface area contributed by atoms with Crippen molar-refractivity contribution in [1.29, 1.82) is 0 Å². The van der Waals surface area contributed by atoms with Gasteiger partial charge in [-0.25, -0.2) is 0 Å². The Kier molecular flexibility index (Phi) is 4.79. The molecule has 2 rings (SSSR count). The van der Waals surface area contributed by atoms with Gasteiger partial charge in [0, 0.05) is 43.1 Å². The highest BCUT2D eigenvalue weighted by atomic mass is 16.6. The summed E-state index contributed by atoms with van der Waals surface area (Å²) < 4.78 is 0. The van der Waals surface area contributed by atoms with Crippen LogP contribution in [0.3, 0.4) is 0 Å². The van der Waals surface area contributed by atoms with Crippen LogP contribution in [0.1, 0.15) is 19.3 Å². The molecule has 1 aliphatic rings. The van der Waals surface area contributed by atoms with Gasteiger partial charge < -0.3 is 15.5 Å². The summed E-state index contributed by atoms with van der Waals surface area (Å²) in [6.45, 7) is 1.95. The summed E-state index contributed by atoms with van der Waals surface area (Å²) in [6.07, 6.45) is 3.69. The van der Waals surface area contributed by atoms with Crippen molar-refractivity contribution in [3.05, 3.63) is 28.3 Å². The fourth-order valence-corrected chi connectivity index (χ4v) is 2.60. The van der Waals surface area contributed by atoms with Crippen LogP contribution in [-0.4, -0.2) is 43.0 Å². The summed E-state index contributed by atoms with van der Waals surface area (Å²) in [6, 6.07) is 5.53. The molecule has 0 amide bonds. The van der Waals surface area contributed by atoms with Gasteiger partial charge >= 0.3 is 0 Å². The second kappa shape index (κ2) is 6.56. The van der Waals surface area contributed by atoms with Gasteiger partial charge in [0.2, 0.25) is 0 Å². The first-order valence-electron chi connectivity index (χ1n) is 7.01. The molecule has 0 radical (unpaired) electrons. The molecule has 2 N–H and O–H groups in total. The Morgan fingerprint density at radius 1 is 1.35 bits per heavy atom. The van der Waals surface area contributed by atoms with Crippen LogP contribution < -0.4 is 10.6 Å². The van der Waals surface area contributed by atoms with Gasteiger partial charge in [-0.05, 0) is 32.5 Å². The van der Waals surface area contributed by atoms with Gasteiger partial charge in [0.1, 0.15) is 0 Å². The number of rotatable bonds is 5. The number of hydrogen-bond donors (Lipinski definition) is 2. The number of nitro groups is 1. The molecule has 1 aromatic rings. The minimum Gasteiger partial charge on any atom is -0.388 e. The summed E-state index contributed by atoms with van der Waals surface area (Å²) in [5.74, 6) is 0. The van der Waals surface area contributed by atoms with Crippen LogP contribution >= 0.6 is 0 Å². The number of nitro benzene ring substituents is 1. The molecule has 0 spiro atoms. The molecule has 1 aliphatic heterocycles. The SMILES string of the molecule is CNc1cc(NCC2CCCCN2C)cc([N+](=O)[O-])c1. The zero-order chi connectivity index (χ0) is 14.5. The second-order valence-electron chi connectivity index (χ2n) is 5.29. The minimum atomic E-state index is -0.362. The van der Waals surface area contributed by atoms with Crippen molar-refractivity contribution < 1.29 is 4.92 Å². The van der Waals surface area contributed by atoms with E-state index in [4.69, 9.17) is 0 Å². The molecule has 0 bridgehead atoms. The van der Waals surface area contributed by atoms with Crippen molar-refractivity contribution in [2.24, 2.45) is 0 Å². The van der Waals surface area contributed by atoms with Gasteiger partial charge in [-0.2, -0.15) is 0 Å². The molecule has 1 atom stereocenters. The Hall–Kier alpha value is -1.82. The monoisotopic (exact) mass is 278 g/mol. The number of nitrogens with one attached hydrogen (secondary N) is 2. The van der Waals surface area contributed by atoms with E-state index < -0.39 is 0 Å². The topological polar surface area (TPSA) is 70.4 Å². The molecule has 1 fully saturated rings. The summed E-state index contributed by atoms with van der Waals surface area (Å²) in [7, 11) is 3.90. The number of piperidine rings is 1. The predicted molar refractivity (Wildman–Crippen MR) is 81.4 cm³/mol. The number of likely N-dealkylation sites (tertiary alicyclic amines) is 1. The van der Waals surface area contributed by atoms with Crippen molar-refractivity contribution in [3.8, 4) is 0 Å². The fraction of sp³-hybridized carbons (Fsp3) is 0.571. The van der Waals surface area contributed by atoms with Crippen molar-refractivity contribution in [1.82, 2.24) is 4.90 Å². The Morgan fingerprint density at radius 2 is 2.10 bits per heavy atom. The molecule has 6 nitrogen and oxygen atoms in total. The molecule has 20 heavy (non-hydrogen) atoms. The molecule has 1 saturated heterocycles. The Balaban J connectivity index is 2.04. The molecule has 0 saturated carbocycles. The van der Waals surface area contributed by atoms with Crippen LogP contribution in [0.2, 0.25) is 0 Å². The number of nitrogens with zero attached hydrogens (tertiary/aromatic N) is 2. The van der Waals surface area contributed by atoms with Crippen molar-refractivity contribution in [2.75, 3.05) is 37.8 Å². The normalized spacial score (nSPS) is 19.6. The molecule has 6 heteroatoms. The van der Waals surface area contributed by atoms with Crippen molar-refractivity contribution >= 4 is 17.1 Å². The standard InChI is InChI=1S/C14H22N4O2/c1-15-11-7-12(9-14(8-11)18(19)20)16-10-13-5-3-4-6-17(13)2/h7-9,13,15-16H,3-6,10H2,1-2H3. The Labute approximate surface area is 119 Å². The van der Waals surface area contributed by atoms with Crippen LogP contribution in [0.15, 0.2) is 18.2 Å². The van der Waals surface area contributed by atoms with E-state index in [0.29, 0.717) is 6.04 Å². The number of non-ortho nitro benzene ring substituents is 1. The molecular formula is C14H22N4O2. The third kappa shape index (κ3) is 3.60. The molecule has 1 unspecified atom stereocenters. The predicted octanol–water partition coefficient (Wildman–Crippen LogP) is 2.53. The van der Waals surface area contributed by atoms with Crippen LogP contribution in [0.25, 0.3) is 0 Å². The van der Waals surface area contributed by atoms with Crippen LogP contribution in [0, 0.1) is 10.1 Å². The highest BCUT2D eigenvalue weighted by Gasteiger charge is 2.18. The van der Waals surface area contributed by atoms with E-state index in [9.17, 15) is 10.1 Å². The quantitative estimate of drug-likeness (QED) is 0.640. The average Bonchev–Trinajstić information content (AvgIpc) is 2.46. The fourth-order valence-electron chi connectivity index (χ4n) is 2.60. The molecule has 0 aliphatic carbocycles. The summed E-state index contributed by atoms with van der Waals surface area (Å²) >= 11 is 0. The van der Waals surface area contributed by atoms with E-state index >= 15 is 0 Å². The van der Waals surface area contributed by atoms with E-state index in [0.717, 1.165) is 24.5 Å². The van der Waals surface area contributed by atoms with Crippen molar-refractivity contribution in [2.45, 2.75) is 25.3 Å². The smallest absolute Gasteiger partial charge is 0.273 e. The van der Waals surface area contributed by atoms with Gasteiger partial charge in [-0.3, -0.25) is 10.1 Å². The zero-order valence-corrected chi connectivity index (χ0v) is 12.1. The highest BCUT2D eigenvalue weighted by molar-refractivity contribution is 5.63. The minimum absolute atomic E-state index is 0.108. The molecule has 0 aromatic heterocycles. The van der Waals surface area contributed by atoms with Crippen LogP contribution in [0.4, 0.5) is 17.1 Å². The third-order valence-corrected chi connectivity index (χ3v) is 3.88. The van der Waals surface area contributed by atoms with Gasteiger partial charge in [0.15, 0.2) is 0 Å². The lowest BCUT2D eigenvalue weighted by molar-refractivity contribution is -0.384. The molecular weight excluding hydrogens is 256 g/mol. The van der Waals surface area contributed by atoms with E-state index in [2.05, 4.69) is 22.6 Å². The third-order valence-electron chi connectivity index (χ3n) is 3.88. The largest absolute Gasteiger partial charge is 0.388 e. The van der Waals surface area contributed by atoms with Gasteiger partial charge in [-0.15, -0.1) is 0 Å². The Morgan fingerprint density at radius 3 is 2.75 bits per heavy atom. The maximum atomic E-state index is 10.9. The number of benzene rings is 1. The summed E-state index contributed by atoms with van der Waals surface area (Å²) in [5, 5.41) is 17.2. The first kappa shape index (κ1) is 14.6. The average molecular weight is 278 g/mol. The first-order valence-corrected chi connectivity index (χ1v) is 7.01. The lowest BCUT2D eigenvalue weighted by Crippen LogP contribution is -2.40. The van der Waals surface area contributed by atoms with Gasteiger partial charge in [-0.1, -0.05) is 6.42 Å². The van der Waals surface area contributed by atoms with Crippen LogP contribution in [-0.2, 0) is 0 Å². The van der Waals surface area contributed by atoms with Crippen LogP contribution in [0.5, 0.6) is 0 Å². The van der Waals surface area contributed by atoms with Gasteiger partial charge in [0.05, 0.1) is 4.92 Å². The maximum Gasteiger partial charge on any atom is 0.273 e. The second-order valence-corrected chi connectivity index (χ2v) is 5.29. The highest BCUT2D eigenvalue weighted by Crippen LogP contribution is 2.24. The molecule has 110 valence electrons. The number of hydrogen-bond acceptors (Lipinski definition) is 5. The number of anilines is 2. The van der Waals surface area contributed by atoms with Gasteiger partial charge in [0.25, 0.3) is 5.69 Å². The maximum absolute atomic E-state index is 10.9. The summed E-state index contributed by atoms with van der Waals surface area (Å²) in [5.41, 5.74) is 1.65. The Bertz CT molecular complexity index is 478. The zero-order valence-electron chi connectivity index (χ0n) is 12.1. The van der Waals surface area contributed by atoms with E-state index in [-0.39, 0.29) is 10.6 Å². The summed E-state index contributed by atoms with van der Waals surface area (Å²) in [4.78, 5) is 12.9. The molecule has 1 heterocycles. The van der Waals surface area contributed by atoms with E-state index in [1.807, 2.05) is 6.07 Å². The lowest BCUT2D eigenvalue weighted by Gasteiger charge is -2.32. The van der Waals surface area contributed by atoms with Crippen molar-refractivity contribution in [3.63, 3.8) is 0 Å². The van der Waals surface area contributed by atoms with E-state index in [1.54, 1.807) is 13.1 Å².